The number of esters is 1. The predicted molar refractivity (Wildman–Crippen MR) is 88.7 cm³/mol. The third-order valence-electron chi connectivity index (χ3n) is 2.70. The molecule has 0 bridgehead atoms. The van der Waals surface area contributed by atoms with E-state index in [9.17, 15) is 13.2 Å². The highest BCUT2D eigenvalue weighted by atomic mass is 35.6. The molecule has 1 rings (SSSR count). The van der Waals surface area contributed by atoms with Gasteiger partial charge in [0.25, 0.3) is 0 Å². The molecule has 0 fully saturated rings. The summed E-state index contributed by atoms with van der Waals surface area (Å²) in [5.41, 5.74) is -0.679. The minimum Gasteiger partial charge on any atom is -0.464 e. The van der Waals surface area contributed by atoms with Crippen LogP contribution in [0.3, 0.4) is 0 Å². The summed E-state index contributed by atoms with van der Waals surface area (Å²) in [4.78, 5) is 11.1. The lowest BCUT2D eigenvalue weighted by atomic mass is 9.94. The van der Waals surface area contributed by atoms with Gasteiger partial charge in [0, 0.05) is 6.92 Å². The zero-order chi connectivity index (χ0) is 17.7. The Morgan fingerprint density at radius 3 is 2.22 bits per heavy atom. The van der Waals surface area contributed by atoms with Crippen LogP contribution in [0.1, 0.15) is 19.4 Å². The molecule has 1 atom stereocenters. The molecule has 0 saturated heterocycles. The maximum absolute atomic E-state index is 12.1. The van der Waals surface area contributed by atoms with Gasteiger partial charge in [0.2, 0.25) is 3.79 Å². The van der Waals surface area contributed by atoms with Crippen LogP contribution in [0.5, 0.6) is 0 Å². The van der Waals surface area contributed by atoms with Crippen LogP contribution >= 0.6 is 34.8 Å². The highest BCUT2D eigenvalue weighted by Crippen LogP contribution is 2.27. The van der Waals surface area contributed by atoms with E-state index in [1.807, 2.05) is 0 Å². The van der Waals surface area contributed by atoms with Gasteiger partial charge in [-0.15, -0.1) is 0 Å². The van der Waals surface area contributed by atoms with Crippen LogP contribution < -0.4 is 4.72 Å². The van der Waals surface area contributed by atoms with Crippen LogP contribution in [0, 0.1) is 0 Å². The van der Waals surface area contributed by atoms with Crippen molar-refractivity contribution in [3.63, 3.8) is 0 Å². The Balaban J connectivity index is 2.99. The molecule has 1 aromatic rings. The molecule has 1 N–H and O–H groups in total. The number of hydrogen-bond acceptors (Lipinski definition) is 5. The average Bonchev–Trinajstić information content (AvgIpc) is 2.43. The standard InChI is InChI=1S/C13H16Cl3NO5S/c1-10(18)21-8-12(2,11-6-4-3-5-7-11)17-23(19,20)22-9-13(14,15)16/h3-7,17H,8-9H2,1-2H3/t12-/m0/s1. The zero-order valence-electron chi connectivity index (χ0n) is 12.4. The van der Waals surface area contributed by atoms with E-state index in [4.69, 9.17) is 39.5 Å². The Morgan fingerprint density at radius 1 is 1.17 bits per heavy atom. The van der Waals surface area contributed by atoms with Crippen molar-refractivity contribution in [3.05, 3.63) is 35.9 Å². The molecule has 0 unspecified atom stereocenters. The van der Waals surface area contributed by atoms with Crippen LogP contribution in [-0.4, -0.2) is 31.4 Å². The van der Waals surface area contributed by atoms with E-state index in [0.29, 0.717) is 5.56 Å². The molecule has 10 heteroatoms. The Hall–Kier alpha value is -0.570. The number of nitrogens with one attached hydrogen (secondary N) is 1. The van der Waals surface area contributed by atoms with E-state index in [2.05, 4.69) is 8.91 Å². The molecular formula is C13H16Cl3NO5S. The van der Waals surface area contributed by atoms with Crippen molar-refractivity contribution < 1.29 is 22.1 Å². The molecule has 23 heavy (non-hydrogen) atoms. The quantitative estimate of drug-likeness (QED) is 0.558. The Labute approximate surface area is 150 Å². The van der Waals surface area contributed by atoms with Crippen LogP contribution in [0.4, 0.5) is 0 Å². The van der Waals surface area contributed by atoms with E-state index in [1.165, 1.54) is 6.92 Å². The number of hydrogen-bond donors (Lipinski definition) is 1. The summed E-state index contributed by atoms with van der Waals surface area (Å²) in [6, 6.07) is 8.57. The molecule has 0 aliphatic heterocycles. The van der Waals surface area contributed by atoms with Gasteiger partial charge < -0.3 is 4.74 Å². The third kappa shape index (κ3) is 7.69. The Bertz CT molecular complexity index is 633. The molecule has 0 heterocycles. The number of ether oxygens (including phenoxy) is 1. The summed E-state index contributed by atoms with van der Waals surface area (Å²) < 4.78 is 34.1. The fraction of sp³-hybridized carbons (Fsp3) is 0.462. The first-order valence-electron chi connectivity index (χ1n) is 6.37. The average molecular weight is 405 g/mol. The topological polar surface area (TPSA) is 81.7 Å². The van der Waals surface area contributed by atoms with Crippen LogP contribution in [0.2, 0.25) is 0 Å². The molecule has 0 aliphatic rings. The minimum atomic E-state index is -4.26. The smallest absolute Gasteiger partial charge is 0.336 e. The lowest BCUT2D eigenvalue weighted by Crippen LogP contribution is -2.48. The van der Waals surface area contributed by atoms with Crippen LogP contribution in [0.15, 0.2) is 30.3 Å². The van der Waals surface area contributed by atoms with Crippen molar-refractivity contribution in [1.82, 2.24) is 4.72 Å². The largest absolute Gasteiger partial charge is 0.464 e. The summed E-state index contributed by atoms with van der Waals surface area (Å²) in [5, 5.41) is 0. The second-order valence-corrected chi connectivity index (χ2v) is 8.78. The Morgan fingerprint density at radius 2 is 1.74 bits per heavy atom. The van der Waals surface area contributed by atoms with E-state index >= 15 is 0 Å². The maximum Gasteiger partial charge on any atom is 0.336 e. The van der Waals surface area contributed by atoms with Gasteiger partial charge in [0.1, 0.15) is 13.2 Å². The van der Waals surface area contributed by atoms with Crippen molar-refractivity contribution in [2.75, 3.05) is 13.2 Å². The van der Waals surface area contributed by atoms with E-state index in [1.54, 1.807) is 37.3 Å². The van der Waals surface area contributed by atoms with Gasteiger partial charge in [0.15, 0.2) is 0 Å². The van der Waals surface area contributed by atoms with Gasteiger partial charge in [0.05, 0.1) is 5.54 Å². The first-order valence-corrected chi connectivity index (χ1v) is 8.92. The normalized spacial score (nSPS) is 15.0. The van der Waals surface area contributed by atoms with Gasteiger partial charge in [-0.3, -0.25) is 8.98 Å². The van der Waals surface area contributed by atoms with E-state index in [0.717, 1.165) is 0 Å². The van der Waals surface area contributed by atoms with Crippen molar-refractivity contribution in [1.29, 1.82) is 0 Å². The molecule has 0 aliphatic carbocycles. The second-order valence-electron chi connectivity index (χ2n) is 4.91. The molecule has 1 aromatic carbocycles. The zero-order valence-corrected chi connectivity index (χ0v) is 15.5. The van der Waals surface area contributed by atoms with Crippen LogP contribution in [-0.2, 0) is 29.6 Å². The predicted octanol–water partition coefficient (Wildman–Crippen LogP) is 2.69. The third-order valence-corrected chi connectivity index (χ3v) is 4.16. The monoisotopic (exact) mass is 403 g/mol. The number of alkyl halides is 3. The minimum absolute atomic E-state index is 0.233. The summed E-state index contributed by atoms with van der Waals surface area (Å²) in [5.74, 6) is -0.548. The van der Waals surface area contributed by atoms with E-state index in [-0.39, 0.29) is 6.61 Å². The molecule has 0 saturated carbocycles. The van der Waals surface area contributed by atoms with E-state index < -0.39 is 32.2 Å². The lowest BCUT2D eigenvalue weighted by molar-refractivity contribution is -0.143. The van der Waals surface area contributed by atoms with Crippen molar-refractivity contribution in [2.24, 2.45) is 0 Å². The number of rotatable bonds is 7. The van der Waals surface area contributed by atoms with Crippen LogP contribution in [0.25, 0.3) is 0 Å². The SMILES string of the molecule is CC(=O)OC[C@](C)(NS(=O)(=O)OCC(Cl)(Cl)Cl)c1ccccc1. The lowest BCUT2D eigenvalue weighted by Gasteiger charge is -2.30. The van der Waals surface area contributed by atoms with Gasteiger partial charge in [-0.1, -0.05) is 65.1 Å². The van der Waals surface area contributed by atoms with Crippen molar-refractivity contribution >= 4 is 51.1 Å². The summed E-state index contributed by atoms with van der Waals surface area (Å²) in [6.45, 7) is 1.87. The Kier molecular flexibility index (Phi) is 7.12. The summed E-state index contributed by atoms with van der Waals surface area (Å²) in [6.07, 6.45) is 0. The highest BCUT2D eigenvalue weighted by molar-refractivity contribution is 7.84. The molecule has 130 valence electrons. The van der Waals surface area contributed by atoms with Gasteiger partial charge in [-0.25, -0.2) is 0 Å². The summed E-state index contributed by atoms with van der Waals surface area (Å²) in [7, 11) is -4.26. The number of benzene rings is 1. The summed E-state index contributed by atoms with van der Waals surface area (Å²) >= 11 is 16.4. The van der Waals surface area contributed by atoms with Gasteiger partial charge in [-0.2, -0.15) is 13.1 Å². The fourth-order valence-electron chi connectivity index (χ4n) is 1.67. The fourth-order valence-corrected chi connectivity index (χ4v) is 3.15. The molecule has 6 nitrogen and oxygen atoms in total. The van der Waals surface area contributed by atoms with Crippen molar-refractivity contribution in [3.8, 4) is 0 Å². The van der Waals surface area contributed by atoms with Gasteiger partial charge >= 0.3 is 16.3 Å². The maximum atomic E-state index is 12.1. The van der Waals surface area contributed by atoms with Gasteiger partial charge in [-0.05, 0) is 12.5 Å². The van der Waals surface area contributed by atoms with Crippen molar-refractivity contribution in [2.45, 2.75) is 23.2 Å². The number of carbonyl (C=O) groups is 1. The molecule has 0 radical (unpaired) electrons. The molecular weight excluding hydrogens is 389 g/mol. The first kappa shape index (κ1) is 20.5. The molecule has 0 spiro atoms. The highest BCUT2D eigenvalue weighted by Gasteiger charge is 2.35. The first-order chi connectivity index (χ1) is 10.4. The molecule has 0 amide bonds. The molecule has 0 aromatic heterocycles. The second kappa shape index (κ2) is 8.00. The number of halogens is 3. The number of carbonyl (C=O) groups excluding carboxylic acids is 1.